The first-order valence-corrected chi connectivity index (χ1v) is 7.13. The van der Waals surface area contributed by atoms with Gasteiger partial charge in [0.15, 0.2) is 0 Å². The number of rotatable bonds is 7. The van der Waals surface area contributed by atoms with Crippen LogP contribution in [0.15, 0.2) is 24.3 Å². The summed E-state index contributed by atoms with van der Waals surface area (Å²) in [6.45, 7) is 1.31. The molecule has 2 amide bonds. The van der Waals surface area contributed by atoms with E-state index in [1.54, 1.807) is 0 Å². The number of carbonyl (C=O) groups is 2. The van der Waals surface area contributed by atoms with E-state index in [-0.39, 0.29) is 25.4 Å². The Kier molecular flexibility index (Phi) is 6.87. The zero-order valence-electron chi connectivity index (χ0n) is 13.3. The molecule has 0 aliphatic carbocycles. The number of ether oxygens (including phenoxy) is 1. The maximum Gasteiger partial charge on any atom is 0.419 e. The maximum absolute atomic E-state index is 12.8. The molecule has 24 heavy (non-hydrogen) atoms. The normalized spacial score (nSPS) is 12.4. The molecule has 0 saturated heterocycles. The Morgan fingerprint density at radius 3 is 2.54 bits per heavy atom. The summed E-state index contributed by atoms with van der Waals surface area (Å²) in [6, 6.07) is 4.26. The van der Waals surface area contributed by atoms with E-state index in [0.29, 0.717) is 0 Å². The smallest absolute Gasteiger partial charge is 0.419 e. The molecule has 0 bridgehead atoms. The molecule has 0 aliphatic heterocycles. The first-order valence-electron chi connectivity index (χ1n) is 7.13. The van der Waals surface area contributed by atoms with Gasteiger partial charge in [-0.2, -0.15) is 13.2 Å². The highest BCUT2D eigenvalue weighted by molar-refractivity contribution is 5.75. The molecule has 0 aromatic heterocycles. The third kappa shape index (κ3) is 5.98. The number of nitrogens with one attached hydrogen (secondary N) is 1. The molecule has 0 aliphatic rings. The number of carbonyl (C=O) groups excluding carboxylic acids is 1. The molecule has 134 valence electrons. The standard InChI is InChI=1S/C15H19F3N2O4/c1-10(13(21)22)9-20(2)14(23)19-7-8-24-12-6-4-3-5-11(12)15(16,17)18/h3-6,10H,7-9H2,1-2H3,(H,19,23)(H,21,22). The maximum atomic E-state index is 12.8. The fourth-order valence-corrected chi connectivity index (χ4v) is 1.85. The molecule has 0 saturated carbocycles. The topological polar surface area (TPSA) is 78.9 Å². The Labute approximate surface area is 137 Å². The zero-order chi connectivity index (χ0) is 18.3. The van der Waals surface area contributed by atoms with Crippen LogP contribution in [-0.2, 0) is 11.0 Å². The van der Waals surface area contributed by atoms with Crippen molar-refractivity contribution < 1.29 is 32.6 Å². The van der Waals surface area contributed by atoms with Crippen molar-refractivity contribution >= 4 is 12.0 Å². The Balaban J connectivity index is 2.44. The molecule has 1 aromatic carbocycles. The lowest BCUT2D eigenvalue weighted by Gasteiger charge is -2.20. The second kappa shape index (κ2) is 8.42. The van der Waals surface area contributed by atoms with Crippen molar-refractivity contribution in [3.05, 3.63) is 29.8 Å². The summed E-state index contributed by atoms with van der Waals surface area (Å²) in [5.74, 6) is -2.07. The van der Waals surface area contributed by atoms with E-state index in [2.05, 4.69) is 5.32 Å². The molecule has 1 aromatic rings. The van der Waals surface area contributed by atoms with Crippen molar-refractivity contribution in [1.29, 1.82) is 0 Å². The molecule has 0 radical (unpaired) electrons. The van der Waals surface area contributed by atoms with Gasteiger partial charge in [0.1, 0.15) is 12.4 Å². The van der Waals surface area contributed by atoms with Crippen LogP contribution in [0.4, 0.5) is 18.0 Å². The van der Waals surface area contributed by atoms with E-state index in [1.165, 1.54) is 37.1 Å². The fourth-order valence-electron chi connectivity index (χ4n) is 1.85. The molecule has 0 heterocycles. The number of carboxylic acids is 1. The number of urea groups is 1. The SMILES string of the molecule is CC(CN(C)C(=O)NCCOc1ccccc1C(F)(F)F)C(=O)O. The number of para-hydroxylation sites is 1. The molecule has 1 rings (SSSR count). The lowest BCUT2D eigenvalue weighted by atomic mass is 10.2. The Morgan fingerprint density at radius 2 is 1.96 bits per heavy atom. The van der Waals surface area contributed by atoms with Crippen LogP contribution in [0.2, 0.25) is 0 Å². The van der Waals surface area contributed by atoms with E-state index in [9.17, 15) is 22.8 Å². The molecule has 0 spiro atoms. The molecule has 6 nitrogen and oxygen atoms in total. The van der Waals surface area contributed by atoms with Crippen LogP contribution in [0.3, 0.4) is 0 Å². The van der Waals surface area contributed by atoms with Crippen LogP contribution in [0, 0.1) is 5.92 Å². The Morgan fingerprint density at radius 1 is 1.33 bits per heavy atom. The summed E-state index contributed by atoms with van der Waals surface area (Å²) in [6.07, 6.45) is -4.52. The van der Waals surface area contributed by atoms with Crippen molar-refractivity contribution in [2.24, 2.45) is 5.92 Å². The van der Waals surface area contributed by atoms with E-state index < -0.39 is 29.7 Å². The molecule has 2 N–H and O–H groups in total. The quantitative estimate of drug-likeness (QED) is 0.742. The first kappa shape index (κ1) is 19.6. The predicted octanol–water partition coefficient (Wildman–Crippen LogP) is 2.45. The number of hydrogen-bond acceptors (Lipinski definition) is 3. The van der Waals surface area contributed by atoms with Crippen molar-refractivity contribution in [3.63, 3.8) is 0 Å². The summed E-state index contributed by atoms with van der Waals surface area (Å²) < 4.78 is 43.4. The Hall–Kier alpha value is -2.45. The van der Waals surface area contributed by atoms with Crippen LogP contribution in [0.5, 0.6) is 5.75 Å². The number of alkyl halides is 3. The van der Waals surface area contributed by atoms with Crippen LogP contribution in [0.25, 0.3) is 0 Å². The predicted molar refractivity (Wildman–Crippen MR) is 79.8 cm³/mol. The van der Waals surface area contributed by atoms with Crippen molar-refractivity contribution in [2.75, 3.05) is 26.7 Å². The number of halogens is 3. The lowest BCUT2D eigenvalue weighted by Crippen LogP contribution is -2.42. The summed E-state index contributed by atoms with van der Waals surface area (Å²) >= 11 is 0. The first-order chi connectivity index (χ1) is 11.1. The summed E-state index contributed by atoms with van der Waals surface area (Å²) in [5.41, 5.74) is -0.885. The number of amides is 2. The van der Waals surface area contributed by atoms with Gasteiger partial charge in [-0.1, -0.05) is 19.1 Å². The second-order valence-corrected chi connectivity index (χ2v) is 5.19. The third-order valence-corrected chi connectivity index (χ3v) is 3.14. The summed E-state index contributed by atoms with van der Waals surface area (Å²) in [5, 5.41) is 11.2. The molecule has 0 fully saturated rings. The zero-order valence-corrected chi connectivity index (χ0v) is 13.3. The number of carboxylic acid groups (broad SMARTS) is 1. The van der Waals surface area contributed by atoms with Gasteiger partial charge in [0.25, 0.3) is 0 Å². The number of nitrogens with zero attached hydrogens (tertiary/aromatic N) is 1. The molecule has 1 unspecified atom stereocenters. The van der Waals surface area contributed by atoms with Crippen LogP contribution >= 0.6 is 0 Å². The van der Waals surface area contributed by atoms with Gasteiger partial charge in [-0.25, -0.2) is 4.79 Å². The number of hydrogen-bond donors (Lipinski definition) is 2. The minimum atomic E-state index is -4.52. The summed E-state index contributed by atoms with van der Waals surface area (Å²) in [4.78, 5) is 23.6. The van der Waals surface area contributed by atoms with Crippen molar-refractivity contribution in [2.45, 2.75) is 13.1 Å². The van der Waals surface area contributed by atoms with Gasteiger partial charge >= 0.3 is 18.2 Å². The van der Waals surface area contributed by atoms with E-state index in [0.717, 1.165) is 6.07 Å². The van der Waals surface area contributed by atoms with Gasteiger partial charge in [-0.3, -0.25) is 4.79 Å². The summed E-state index contributed by atoms with van der Waals surface area (Å²) in [7, 11) is 1.43. The van der Waals surface area contributed by atoms with Crippen LogP contribution in [0.1, 0.15) is 12.5 Å². The van der Waals surface area contributed by atoms with E-state index in [4.69, 9.17) is 9.84 Å². The minimum Gasteiger partial charge on any atom is -0.491 e. The van der Waals surface area contributed by atoms with Gasteiger partial charge in [-0.15, -0.1) is 0 Å². The highest BCUT2D eigenvalue weighted by atomic mass is 19.4. The van der Waals surface area contributed by atoms with Gasteiger partial charge in [0, 0.05) is 13.6 Å². The number of aliphatic carboxylic acids is 1. The monoisotopic (exact) mass is 348 g/mol. The number of benzene rings is 1. The largest absolute Gasteiger partial charge is 0.491 e. The van der Waals surface area contributed by atoms with Crippen LogP contribution < -0.4 is 10.1 Å². The third-order valence-electron chi connectivity index (χ3n) is 3.14. The average Bonchev–Trinajstić information content (AvgIpc) is 2.50. The van der Waals surface area contributed by atoms with Gasteiger partial charge in [0.2, 0.25) is 0 Å². The van der Waals surface area contributed by atoms with E-state index in [1.807, 2.05) is 0 Å². The minimum absolute atomic E-state index is 0.0128. The molecular weight excluding hydrogens is 329 g/mol. The van der Waals surface area contributed by atoms with E-state index >= 15 is 0 Å². The van der Waals surface area contributed by atoms with Crippen LogP contribution in [-0.4, -0.2) is 48.8 Å². The highest BCUT2D eigenvalue weighted by Crippen LogP contribution is 2.35. The Bertz CT molecular complexity index is 578. The molecule has 9 heteroatoms. The lowest BCUT2D eigenvalue weighted by molar-refractivity contribution is -0.141. The average molecular weight is 348 g/mol. The fraction of sp³-hybridized carbons (Fsp3) is 0.467. The van der Waals surface area contributed by atoms with Gasteiger partial charge < -0.3 is 20.1 Å². The van der Waals surface area contributed by atoms with Crippen molar-refractivity contribution in [1.82, 2.24) is 10.2 Å². The molecular formula is C15H19F3N2O4. The highest BCUT2D eigenvalue weighted by Gasteiger charge is 2.33. The molecule has 1 atom stereocenters. The second-order valence-electron chi connectivity index (χ2n) is 5.19. The van der Waals surface area contributed by atoms with Gasteiger partial charge in [-0.05, 0) is 12.1 Å². The van der Waals surface area contributed by atoms with Crippen molar-refractivity contribution in [3.8, 4) is 5.75 Å². The van der Waals surface area contributed by atoms with Gasteiger partial charge in [0.05, 0.1) is 18.0 Å².